The zero-order valence-corrected chi connectivity index (χ0v) is 16.0. The molecule has 2 aromatic carbocycles. The summed E-state index contributed by atoms with van der Waals surface area (Å²) in [5, 5.41) is 0. The number of hydrogen-bond acceptors (Lipinski definition) is 4. The number of carbonyl (C=O) groups is 2. The number of ether oxygens (including phenoxy) is 2. The predicted molar refractivity (Wildman–Crippen MR) is 102 cm³/mol. The molecule has 0 aromatic heterocycles. The molecule has 0 bridgehead atoms. The fourth-order valence-electron chi connectivity index (χ4n) is 2.20. The summed E-state index contributed by atoms with van der Waals surface area (Å²) in [5.74, 6) is -0.299. The van der Waals surface area contributed by atoms with Crippen LogP contribution in [-0.2, 0) is 16.0 Å². The van der Waals surface area contributed by atoms with E-state index in [-0.39, 0.29) is 12.3 Å². The van der Waals surface area contributed by atoms with Crippen molar-refractivity contribution in [3.05, 3.63) is 64.1 Å². The molecule has 2 amide bonds. The Kier molecular flexibility index (Phi) is 8.11. The van der Waals surface area contributed by atoms with Crippen LogP contribution in [0.3, 0.4) is 0 Å². The van der Waals surface area contributed by atoms with Crippen molar-refractivity contribution in [2.45, 2.75) is 12.8 Å². The molecule has 0 unspecified atom stereocenters. The topological polar surface area (TPSA) is 76.7 Å². The maximum Gasteiger partial charge on any atom is 0.273 e. The second-order valence-corrected chi connectivity index (χ2v) is 6.39. The van der Waals surface area contributed by atoms with Crippen molar-refractivity contribution in [1.29, 1.82) is 0 Å². The van der Waals surface area contributed by atoms with Crippen LogP contribution in [0.25, 0.3) is 0 Å². The van der Waals surface area contributed by atoms with Gasteiger partial charge < -0.3 is 9.47 Å². The van der Waals surface area contributed by atoms with E-state index < -0.39 is 5.91 Å². The van der Waals surface area contributed by atoms with Crippen molar-refractivity contribution >= 4 is 27.7 Å². The van der Waals surface area contributed by atoms with E-state index in [0.29, 0.717) is 30.9 Å². The van der Waals surface area contributed by atoms with Crippen LogP contribution in [0.15, 0.2) is 53.0 Å². The molecule has 7 heteroatoms. The van der Waals surface area contributed by atoms with E-state index in [9.17, 15) is 9.59 Å². The van der Waals surface area contributed by atoms with Crippen LogP contribution in [0.4, 0.5) is 0 Å². The lowest BCUT2D eigenvalue weighted by molar-refractivity contribution is -0.121. The van der Waals surface area contributed by atoms with Crippen molar-refractivity contribution in [2.75, 3.05) is 20.3 Å². The lowest BCUT2D eigenvalue weighted by Gasteiger charge is -2.12. The van der Waals surface area contributed by atoms with Crippen LogP contribution in [0.2, 0.25) is 0 Å². The first-order chi connectivity index (χ1) is 12.6. The van der Waals surface area contributed by atoms with Gasteiger partial charge in [0, 0.05) is 18.0 Å². The SMILES string of the molecule is COCCOc1ccc(Br)cc1C(=O)NNC(=O)CCc1ccccc1. The maximum absolute atomic E-state index is 12.4. The number of carbonyl (C=O) groups excluding carboxylic acids is 2. The van der Waals surface area contributed by atoms with E-state index in [4.69, 9.17) is 9.47 Å². The Hall–Kier alpha value is -2.38. The van der Waals surface area contributed by atoms with Gasteiger partial charge in [-0.2, -0.15) is 0 Å². The Labute approximate surface area is 161 Å². The van der Waals surface area contributed by atoms with E-state index in [1.54, 1.807) is 25.3 Å². The molecule has 0 aliphatic rings. The molecule has 0 spiro atoms. The molecule has 2 N–H and O–H groups in total. The Morgan fingerprint density at radius 1 is 1.04 bits per heavy atom. The zero-order valence-electron chi connectivity index (χ0n) is 14.5. The number of hydrogen-bond donors (Lipinski definition) is 2. The molecule has 0 saturated heterocycles. The molecule has 0 aliphatic heterocycles. The Morgan fingerprint density at radius 2 is 1.81 bits per heavy atom. The number of nitrogens with one attached hydrogen (secondary N) is 2. The summed E-state index contributed by atoms with van der Waals surface area (Å²) >= 11 is 3.33. The minimum absolute atomic E-state index is 0.265. The second-order valence-electron chi connectivity index (χ2n) is 5.47. The first-order valence-corrected chi connectivity index (χ1v) is 8.94. The van der Waals surface area contributed by atoms with Gasteiger partial charge >= 0.3 is 0 Å². The molecule has 26 heavy (non-hydrogen) atoms. The Bertz CT molecular complexity index is 738. The minimum atomic E-state index is -0.452. The molecule has 0 aliphatic carbocycles. The summed E-state index contributed by atoms with van der Waals surface area (Å²) in [7, 11) is 1.57. The van der Waals surface area contributed by atoms with Crippen LogP contribution in [0, 0.1) is 0 Å². The molecule has 2 rings (SSSR count). The summed E-state index contributed by atoms with van der Waals surface area (Å²) in [6.45, 7) is 0.731. The monoisotopic (exact) mass is 420 g/mol. The van der Waals surface area contributed by atoms with Crippen molar-refractivity contribution in [2.24, 2.45) is 0 Å². The van der Waals surface area contributed by atoms with Crippen LogP contribution in [0.5, 0.6) is 5.75 Å². The third kappa shape index (κ3) is 6.50. The van der Waals surface area contributed by atoms with Crippen LogP contribution in [-0.4, -0.2) is 32.1 Å². The fraction of sp³-hybridized carbons (Fsp3) is 0.263. The largest absolute Gasteiger partial charge is 0.490 e. The van der Waals surface area contributed by atoms with Crippen molar-refractivity contribution in [3.63, 3.8) is 0 Å². The number of hydrazine groups is 1. The third-order valence-corrected chi connectivity index (χ3v) is 4.02. The van der Waals surface area contributed by atoms with Gasteiger partial charge in [0.1, 0.15) is 12.4 Å². The van der Waals surface area contributed by atoms with E-state index in [1.807, 2.05) is 30.3 Å². The molecule has 6 nitrogen and oxygen atoms in total. The molecule has 0 heterocycles. The van der Waals surface area contributed by atoms with Crippen molar-refractivity contribution in [1.82, 2.24) is 10.9 Å². The summed E-state index contributed by atoms with van der Waals surface area (Å²) in [6.07, 6.45) is 0.880. The van der Waals surface area contributed by atoms with Gasteiger partial charge in [-0.25, -0.2) is 0 Å². The summed E-state index contributed by atoms with van der Waals surface area (Å²) in [6, 6.07) is 14.8. The van der Waals surface area contributed by atoms with E-state index in [1.165, 1.54) is 0 Å². The molecule has 2 aromatic rings. The molecule has 0 saturated carbocycles. The molecule has 0 atom stereocenters. The van der Waals surface area contributed by atoms with Crippen LogP contribution in [0.1, 0.15) is 22.3 Å². The van der Waals surface area contributed by atoms with Gasteiger partial charge in [-0.15, -0.1) is 0 Å². The Morgan fingerprint density at radius 3 is 2.54 bits per heavy atom. The van der Waals surface area contributed by atoms with Gasteiger partial charge in [0.2, 0.25) is 5.91 Å². The normalized spacial score (nSPS) is 10.2. The van der Waals surface area contributed by atoms with Gasteiger partial charge in [-0.3, -0.25) is 20.4 Å². The molecular formula is C19H21BrN2O4. The predicted octanol–water partition coefficient (Wildman–Crippen LogP) is 2.87. The molecule has 0 fully saturated rings. The smallest absolute Gasteiger partial charge is 0.273 e. The van der Waals surface area contributed by atoms with Crippen LogP contribution >= 0.6 is 15.9 Å². The molecular weight excluding hydrogens is 400 g/mol. The maximum atomic E-state index is 12.4. The van der Waals surface area contributed by atoms with E-state index in [2.05, 4.69) is 26.8 Å². The van der Waals surface area contributed by atoms with Gasteiger partial charge in [-0.1, -0.05) is 46.3 Å². The minimum Gasteiger partial charge on any atom is -0.490 e. The first kappa shape index (κ1) is 19.9. The summed E-state index contributed by atoms with van der Waals surface area (Å²) in [4.78, 5) is 24.3. The van der Waals surface area contributed by atoms with Gasteiger partial charge in [-0.05, 0) is 30.2 Å². The lowest BCUT2D eigenvalue weighted by Crippen LogP contribution is -2.41. The van der Waals surface area contributed by atoms with Gasteiger partial charge in [0.05, 0.1) is 12.2 Å². The van der Waals surface area contributed by atoms with Gasteiger partial charge in [0.15, 0.2) is 0 Å². The van der Waals surface area contributed by atoms with E-state index >= 15 is 0 Å². The highest BCUT2D eigenvalue weighted by atomic mass is 79.9. The summed E-state index contributed by atoms with van der Waals surface area (Å²) < 4.78 is 11.2. The van der Waals surface area contributed by atoms with Crippen LogP contribution < -0.4 is 15.6 Å². The third-order valence-electron chi connectivity index (χ3n) is 3.53. The average Bonchev–Trinajstić information content (AvgIpc) is 2.66. The zero-order chi connectivity index (χ0) is 18.8. The summed E-state index contributed by atoms with van der Waals surface area (Å²) in [5.41, 5.74) is 6.24. The van der Waals surface area contributed by atoms with Gasteiger partial charge in [0.25, 0.3) is 5.91 Å². The second kappa shape index (κ2) is 10.6. The highest BCUT2D eigenvalue weighted by molar-refractivity contribution is 9.10. The highest BCUT2D eigenvalue weighted by Crippen LogP contribution is 2.23. The first-order valence-electron chi connectivity index (χ1n) is 8.14. The number of amides is 2. The lowest BCUT2D eigenvalue weighted by atomic mass is 10.1. The molecule has 138 valence electrons. The highest BCUT2D eigenvalue weighted by Gasteiger charge is 2.14. The molecule has 0 radical (unpaired) electrons. The fourth-order valence-corrected chi connectivity index (χ4v) is 2.56. The average molecular weight is 421 g/mol. The number of halogens is 1. The number of methoxy groups -OCH3 is 1. The van der Waals surface area contributed by atoms with E-state index in [0.717, 1.165) is 10.0 Å². The number of aryl methyl sites for hydroxylation is 1. The number of benzene rings is 2. The Balaban J connectivity index is 1.88. The van der Waals surface area contributed by atoms with Crippen molar-refractivity contribution in [3.8, 4) is 5.75 Å². The standard InChI is InChI=1S/C19H21BrN2O4/c1-25-11-12-26-17-9-8-15(20)13-16(17)19(24)22-21-18(23)10-7-14-5-3-2-4-6-14/h2-6,8-9,13H,7,10-12H2,1H3,(H,21,23)(H,22,24). The quantitative estimate of drug-likeness (QED) is 0.508. The number of rotatable bonds is 8. The van der Waals surface area contributed by atoms with Crippen molar-refractivity contribution < 1.29 is 19.1 Å².